The molecule has 0 saturated carbocycles. The van der Waals surface area contributed by atoms with E-state index in [2.05, 4.69) is 215 Å². The molecular formula is C58H39N5. The van der Waals surface area contributed by atoms with E-state index in [1.54, 1.807) is 0 Å². The molecule has 0 radical (unpaired) electrons. The van der Waals surface area contributed by atoms with E-state index < -0.39 is 0 Å². The Kier molecular flexibility index (Phi) is 8.82. The topological polar surface area (TPSA) is 55.1 Å². The highest BCUT2D eigenvalue weighted by molar-refractivity contribution is 6.24. The summed E-state index contributed by atoms with van der Waals surface area (Å²) in [4.78, 5) is 15.3. The molecule has 1 atom stereocenters. The number of imidazole rings is 1. The number of nitrogens with zero attached hydrogens (tertiary/aromatic N) is 4. The van der Waals surface area contributed by atoms with Crippen molar-refractivity contribution in [1.29, 1.82) is 0 Å². The third kappa shape index (κ3) is 6.46. The lowest BCUT2D eigenvalue weighted by atomic mass is 9.98. The summed E-state index contributed by atoms with van der Waals surface area (Å²) in [5.74, 6) is 0.900. The van der Waals surface area contributed by atoms with Gasteiger partial charge in [-0.25, -0.2) is 4.98 Å². The molecule has 0 bridgehead atoms. The number of pyridine rings is 1. The highest BCUT2D eigenvalue weighted by Gasteiger charge is 2.23. The molecule has 1 N–H and O–H groups in total. The Balaban J connectivity index is 0.923. The van der Waals surface area contributed by atoms with Crippen molar-refractivity contribution in [3.8, 4) is 39.3 Å². The number of hydrogen-bond acceptors (Lipinski definition) is 4. The number of nitrogens with one attached hydrogen (secondary N) is 1. The van der Waals surface area contributed by atoms with E-state index in [0.717, 1.165) is 88.9 Å². The van der Waals surface area contributed by atoms with Crippen molar-refractivity contribution in [2.45, 2.75) is 6.17 Å². The van der Waals surface area contributed by atoms with Crippen LogP contribution in [0, 0.1) is 0 Å². The maximum atomic E-state index is 5.49. The van der Waals surface area contributed by atoms with Crippen LogP contribution in [-0.2, 0) is 0 Å². The molecule has 1 aliphatic heterocycles. The molecule has 2 aromatic heterocycles. The van der Waals surface area contributed by atoms with E-state index >= 15 is 0 Å². The van der Waals surface area contributed by atoms with Crippen LogP contribution in [0.2, 0.25) is 0 Å². The minimum atomic E-state index is -0.216. The standard InChI is InChI=1S/C58H39N5/c1-3-12-38(13-4-1)39-22-26-43(27-23-39)53-36-54(61-57(60-53)45-15-5-2-6-16-45)44-28-24-40(25-29-44)41-30-32-46(33-31-41)63-56-50-20-10-9-19-48(50)49-34-35-59-37-52(49)55(56)62-58(63)51-21-11-17-42-14-7-8-18-47(42)51/h1-37,57,61H. The molecule has 5 heteroatoms. The Morgan fingerprint density at radius 2 is 1.02 bits per heavy atom. The van der Waals surface area contributed by atoms with Crippen LogP contribution in [0.5, 0.6) is 0 Å². The molecule has 1 unspecified atom stereocenters. The molecule has 1 aliphatic rings. The lowest BCUT2D eigenvalue weighted by Gasteiger charge is -2.25. The Morgan fingerprint density at radius 1 is 0.444 bits per heavy atom. The highest BCUT2D eigenvalue weighted by atomic mass is 15.1. The Morgan fingerprint density at radius 3 is 1.76 bits per heavy atom. The van der Waals surface area contributed by atoms with Crippen molar-refractivity contribution in [3.05, 3.63) is 241 Å². The zero-order chi connectivity index (χ0) is 41.7. The first-order valence-corrected chi connectivity index (χ1v) is 21.4. The average Bonchev–Trinajstić information content (AvgIpc) is 3.78. The van der Waals surface area contributed by atoms with Crippen LogP contribution in [0.4, 0.5) is 0 Å². The molecule has 0 saturated heterocycles. The fourth-order valence-corrected chi connectivity index (χ4v) is 9.21. The SMILES string of the molecule is C1=C(c2ccc(-c3ccc(-n4c(-c5cccc6ccccc56)nc5c6cnccc6c6ccccc6c54)cc3)cc2)NC(c2ccccc2)N=C1c1ccc(-c2ccccc2)cc1. The number of aromatic nitrogens is 3. The molecule has 0 fully saturated rings. The van der Waals surface area contributed by atoms with Crippen LogP contribution >= 0.6 is 0 Å². The van der Waals surface area contributed by atoms with E-state index in [4.69, 9.17) is 9.98 Å². The van der Waals surface area contributed by atoms with Gasteiger partial charge < -0.3 is 5.32 Å². The van der Waals surface area contributed by atoms with Gasteiger partial charge in [-0.15, -0.1) is 0 Å². The van der Waals surface area contributed by atoms with Crippen LogP contribution in [0.1, 0.15) is 22.9 Å². The molecule has 0 spiro atoms. The van der Waals surface area contributed by atoms with Crippen molar-refractivity contribution < 1.29 is 0 Å². The summed E-state index contributed by atoms with van der Waals surface area (Å²) in [7, 11) is 0. The Bertz CT molecular complexity index is 3550. The highest BCUT2D eigenvalue weighted by Crippen LogP contribution is 2.41. The number of benzene rings is 9. The summed E-state index contributed by atoms with van der Waals surface area (Å²) in [6, 6.07) is 73.2. The minimum Gasteiger partial charge on any atom is -0.360 e. The van der Waals surface area contributed by atoms with Gasteiger partial charge in [0.1, 0.15) is 12.0 Å². The van der Waals surface area contributed by atoms with Gasteiger partial charge in [-0.2, -0.15) is 0 Å². The average molecular weight is 806 g/mol. The zero-order valence-corrected chi connectivity index (χ0v) is 34.2. The Hall–Kier alpha value is -8.41. The second-order valence-electron chi connectivity index (χ2n) is 16.1. The van der Waals surface area contributed by atoms with Gasteiger partial charge >= 0.3 is 0 Å². The zero-order valence-electron chi connectivity index (χ0n) is 34.2. The minimum absolute atomic E-state index is 0.216. The van der Waals surface area contributed by atoms with Gasteiger partial charge in [0.25, 0.3) is 0 Å². The van der Waals surface area contributed by atoms with Crippen molar-refractivity contribution in [2.75, 3.05) is 0 Å². The second kappa shape index (κ2) is 15.2. The van der Waals surface area contributed by atoms with Crippen LogP contribution in [0.25, 0.3) is 88.4 Å². The monoisotopic (exact) mass is 805 g/mol. The summed E-state index contributed by atoms with van der Waals surface area (Å²) < 4.78 is 2.34. The van der Waals surface area contributed by atoms with E-state index in [0.29, 0.717) is 0 Å². The first-order valence-electron chi connectivity index (χ1n) is 21.4. The molecule has 9 aromatic carbocycles. The van der Waals surface area contributed by atoms with E-state index in [1.807, 2.05) is 24.5 Å². The van der Waals surface area contributed by atoms with Gasteiger partial charge in [0.15, 0.2) is 0 Å². The fourth-order valence-electron chi connectivity index (χ4n) is 9.21. The quantitative estimate of drug-likeness (QED) is 0.163. The van der Waals surface area contributed by atoms with Crippen LogP contribution < -0.4 is 5.32 Å². The van der Waals surface area contributed by atoms with Gasteiger partial charge in [-0.3, -0.25) is 14.5 Å². The molecule has 0 amide bonds. The summed E-state index contributed by atoms with van der Waals surface area (Å²) in [6.45, 7) is 0. The number of fused-ring (bicyclic) bond motifs is 7. The van der Waals surface area contributed by atoms with E-state index in [-0.39, 0.29) is 6.17 Å². The smallest absolute Gasteiger partial charge is 0.146 e. The normalized spacial score (nSPS) is 13.9. The molecule has 0 aliphatic carbocycles. The second-order valence-corrected chi connectivity index (χ2v) is 16.1. The number of allylic oxidation sites excluding steroid dienone is 1. The predicted molar refractivity (Wildman–Crippen MR) is 261 cm³/mol. The van der Waals surface area contributed by atoms with Crippen molar-refractivity contribution >= 4 is 54.8 Å². The number of hydrogen-bond donors (Lipinski definition) is 1. The fraction of sp³-hybridized carbons (Fsp3) is 0.0172. The van der Waals surface area contributed by atoms with Crippen LogP contribution in [-0.4, -0.2) is 20.2 Å². The van der Waals surface area contributed by atoms with Crippen molar-refractivity contribution in [1.82, 2.24) is 19.9 Å². The Labute approximate surface area is 365 Å². The van der Waals surface area contributed by atoms with Gasteiger partial charge in [0.05, 0.1) is 16.7 Å². The van der Waals surface area contributed by atoms with Gasteiger partial charge in [-0.05, 0) is 84.8 Å². The molecule has 11 aromatic rings. The number of aliphatic imine (C=N–C) groups is 1. The van der Waals surface area contributed by atoms with Crippen LogP contribution in [0.3, 0.4) is 0 Å². The summed E-state index contributed by atoms with van der Waals surface area (Å²) >= 11 is 0. The lowest BCUT2D eigenvalue weighted by molar-refractivity contribution is 0.664. The third-order valence-electron chi connectivity index (χ3n) is 12.4. The molecule has 63 heavy (non-hydrogen) atoms. The maximum absolute atomic E-state index is 5.49. The summed E-state index contributed by atoms with van der Waals surface area (Å²) in [5.41, 5.74) is 14.1. The first-order chi connectivity index (χ1) is 31.2. The van der Waals surface area contributed by atoms with Gasteiger partial charge in [-0.1, -0.05) is 188 Å². The summed E-state index contributed by atoms with van der Waals surface area (Å²) in [6.07, 6.45) is 5.79. The first kappa shape index (κ1) is 36.4. The maximum Gasteiger partial charge on any atom is 0.146 e. The molecule has 3 heterocycles. The molecule has 5 nitrogen and oxygen atoms in total. The van der Waals surface area contributed by atoms with Crippen molar-refractivity contribution in [3.63, 3.8) is 0 Å². The van der Waals surface area contributed by atoms with Crippen molar-refractivity contribution in [2.24, 2.45) is 4.99 Å². The third-order valence-corrected chi connectivity index (χ3v) is 12.4. The lowest BCUT2D eigenvalue weighted by Crippen LogP contribution is -2.24. The molecular weight excluding hydrogens is 767 g/mol. The summed E-state index contributed by atoms with van der Waals surface area (Å²) in [5, 5.41) is 10.6. The van der Waals surface area contributed by atoms with E-state index in [1.165, 1.54) is 21.9 Å². The van der Waals surface area contributed by atoms with Gasteiger partial charge in [0, 0.05) is 40.1 Å². The van der Waals surface area contributed by atoms with E-state index in [9.17, 15) is 0 Å². The molecule has 12 rings (SSSR count). The predicted octanol–water partition coefficient (Wildman–Crippen LogP) is 14.0. The largest absolute Gasteiger partial charge is 0.360 e. The number of rotatable bonds is 7. The molecule has 296 valence electrons. The van der Waals surface area contributed by atoms with Crippen LogP contribution in [0.15, 0.2) is 230 Å². The van der Waals surface area contributed by atoms with Gasteiger partial charge in [0.2, 0.25) is 0 Å².